The lowest BCUT2D eigenvalue weighted by molar-refractivity contribution is 0.102. The molecule has 1 amide bonds. The summed E-state index contributed by atoms with van der Waals surface area (Å²) in [5, 5.41) is 10.0. The zero-order valence-corrected chi connectivity index (χ0v) is 19.0. The van der Waals surface area contributed by atoms with Crippen molar-refractivity contribution in [2.45, 2.75) is 20.8 Å². The number of carbonyl (C=O) groups is 1. The lowest BCUT2D eigenvalue weighted by Crippen LogP contribution is -2.13. The molecule has 0 aliphatic carbocycles. The van der Waals surface area contributed by atoms with E-state index >= 15 is 0 Å². The Bertz CT molecular complexity index is 1470. The Labute approximate surface area is 193 Å². The van der Waals surface area contributed by atoms with Gasteiger partial charge in [0.05, 0.1) is 11.4 Å². The average molecular weight is 432 g/mol. The summed E-state index contributed by atoms with van der Waals surface area (Å²) in [5.74, 6) is -0.229. The number of aromatic nitrogens is 2. The first-order valence-electron chi connectivity index (χ1n) is 11.0. The lowest BCUT2D eigenvalue weighted by atomic mass is 10.0. The molecule has 33 heavy (non-hydrogen) atoms. The molecule has 1 heterocycles. The topological polar surface area (TPSA) is 46.9 Å². The highest BCUT2D eigenvalue weighted by atomic mass is 16.1. The largest absolute Gasteiger partial charge is 0.321 e. The fourth-order valence-corrected chi connectivity index (χ4v) is 4.33. The maximum Gasteiger partial charge on any atom is 0.276 e. The highest BCUT2D eigenvalue weighted by molar-refractivity contribution is 6.04. The van der Waals surface area contributed by atoms with Gasteiger partial charge in [-0.05, 0) is 78.6 Å². The second kappa shape index (κ2) is 8.40. The number of aryl methyl sites for hydroxylation is 3. The Balaban J connectivity index is 1.64. The molecule has 0 aliphatic heterocycles. The molecule has 4 nitrogen and oxygen atoms in total. The van der Waals surface area contributed by atoms with Crippen LogP contribution in [0.3, 0.4) is 0 Å². The van der Waals surface area contributed by atoms with E-state index < -0.39 is 0 Å². The van der Waals surface area contributed by atoms with Crippen LogP contribution in [0.2, 0.25) is 0 Å². The molecule has 162 valence electrons. The number of fused-ring (bicyclic) bond motifs is 1. The highest BCUT2D eigenvalue weighted by Crippen LogP contribution is 2.31. The number of benzene rings is 4. The van der Waals surface area contributed by atoms with E-state index in [2.05, 4.69) is 54.7 Å². The number of hydrogen-bond donors (Lipinski definition) is 1. The van der Waals surface area contributed by atoms with Crippen LogP contribution in [-0.2, 0) is 0 Å². The van der Waals surface area contributed by atoms with Crippen LogP contribution < -0.4 is 5.32 Å². The minimum atomic E-state index is -0.229. The van der Waals surface area contributed by atoms with Gasteiger partial charge in [0.1, 0.15) is 0 Å². The molecule has 0 atom stereocenters. The molecule has 0 unspecified atom stereocenters. The lowest BCUT2D eigenvalue weighted by Gasteiger charge is -2.10. The number of rotatable bonds is 4. The van der Waals surface area contributed by atoms with Crippen LogP contribution in [0.1, 0.15) is 27.2 Å². The summed E-state index contributed by atoms with van der Waals surface area (Å²) in [5.41, 5.74) is 7.32. The average Bonchev–Trinajstić information content (AvgIpc) is 3.23. The van der Waals surface area contributed by atoms with Gasteiger partial charge >= 0.3 is 0 Å². The Morgan fingerprint density at radius 1 is 0.758 bits per heavy atom. The third-order valence-corrected chi connectivity index (χ3v) is 5.73. The number of amides is 1. The van der Waals surface area contributed by atoms with E-state index in [9.17, 15) is 4.79 Å². The van der Waals surface area contributed by atoms with E-state index in [4.69, 9.17) is 5.10 Å². The molecular weight excluding hydrogens is 406 g/mol. The van der Waals surface area contributed by atoms with E-state index in [1.165, 1.54) is 0 Å². The summed E-state index contributed by atoms with van der Waals surface area (Å²) < 4.78 is 1.87. The van der Waals surface area contributed by atoms with Crippen molar-refractivity contribution in [3.8, 4) is 16.9 Å². The van der Waals surface area contributed by atoms with Gasteiger partial charge in [-0.25, -0.2) is 4.68 Å². The first-order chi connectivity index (χ1) is 16.0. The summed E-state index contributed by atoms with van der Waals surface area (Å²) in [6.07, 6.45) is 0. The van der Waals surface area contributed by atoms with Gasteiger partial charge < -0.3 is 5.32 Å². The first kappa shape index (κ1) is 20.7. The Kier molecular flexibility index (Phi) is 5.27. The molecule has 4 aromatic carbocycles. The van der Waals surface area contributed by atoms with Gasteiger partial charge in [0, 0.05) is 11.3 Å². The van der Waals surface area contributed by atoms with Crippen molar-refractivity contribution in [1.29, 1.82) is 0 Å². The molecule has 0 radical (unpaired) electrons. The fraction of sp³-hybridized carbons (Fsp3) is 0.103. The van der Waals surface area contributed by atoms with E-state index in [1.54, 1.807) is 0 Å². The van der Waals surface area contributed by atoms with Crippen molar-refractivity contribution in [2.24, 2.45) is 0 Å². The van der Waals surface area contributed by atoms with Crippen molar-refractivity contribution >= 4 is 22.4 Å². The van der Waals surface area contributed by atoms with Gasteiger partial charge in [-0.15, -0.1) is 0 Å². The number of nitrogens with one attached hydrogen (secondary N) is 1. The third kappa shape index (κ3) is 4.15. The minimum absolute atomic E-state index is 0.229. The van der Waals surface area contributed by atoms with Gasteiger partial charge in [-0.3, -0.25) is 4.79 Å². The van der Waals surface area contributed by atoms with Crippen LogP contribution in [0.25, 0.3) is 27.7 Å². The van der Waals surface area contributed by atoms with Crippen molar-refractivity contribution < 1.29 is 4.79 Å². The van der Waals surface area contributed by atoms with Crippen molar-refractivity contribution in [1.82, 2.24) is 9.78 Å². The van der Waals surface area contributed by atoms with E-state index in [0.29, 0.717) is 5.69 Å². The Morgan fingerprint density at radius 3 is 2.27 bits per heavy atom. The summed E-state index contributed by atoms with van der Waals surface area (Å²) in [4.78, 5) is 13.2. The number of carbonyl (C=O) groups excluding carboxylic acids is 1. The van der Waals surface area contributed by atoms with E-state index in [-0.39, 0.29) is 5.91 Å². The molecule has 0 aliphatic rings. The number of hydrogen-bond acceptors (Lipinski definition) is 2. The normalized spacial score (nSPS) is 11.0. The second-order valence-electron chi connectivity index (χ2n) is 8.52. The van der Waals surface area contributed by atoms with Gasteiger partial charge in [0.25, 0.3) is 5.91 Å². The molecule has 0 spiro atoms. The zero-order chi connectivity index (χ0) is 22.9. The standard InChI is InChI=1S/C29H25N3O/c1-19-8-6-11-24(17-19)32-28(26-13-7-10-22-9-4-5-12-25(22)26)18-27(31-32)29(33)30-23-15-20(2)14-21(3)16-23/h4-18H,1-3H3,(H,30,33). The molecule has 4 heteroatoms. The Morgan fingerprint density at radius 2 is 1.48 bits per heavy atom. The third-order valence-electron chi connectivity index (χ3n) is 5.73. The molecule has 0 bridgehead atoms. The van der Waals surface area contributed by atoms with Crippen molar-refractivity contribution in [2.75, 3.05) is 5.32 Å². The predicted molar refractivity (Wildman–Crippen MR) is 135 cm³/mol. The smallest absolute Gasteiger partial charge is 0.276 e. The molecule has 5 aromatic rings. The van der Waals surface area contributed by atoms with Crippen molar-refractivity contribution in [3.05, 3.63) is 113 Å². The maximum absolute atomic E-state index is 13.2. The molecule has 0 fully saturated rings. The summed E-state index contributed by atoms with van der Waals surface area (Å²) in [6.45, 7) is 6.10. The molecule has 1 N–H and O–H groups in total. The van der Waals surface area contributed by atoms with Gasteiger partial charge in [-0.1, -0.05) is 60.7 Å². The van der Waals surface area contributed by atoms with E-state index in [1.807, 2.05) is 67.1 Å². The quantitative estimate of drug-likeness (QED) is 0.337. The monoisotopic (exact) mass is 431 g/mol. The van der Waals surface area contributed by atoms with Crippen LogP contribution >= 0.6 is 0 Å². The molecule has 5 rings (SSSR count). The minimum Gasteiger partial charge on any atom is -0.321 e. The fourth-order valence-electron chi connectivity index (χ4n) is 4.33. The number of nitrogens with zero attached hydrogens (tertiary/aromatic N) is 2. The first-order valence-corrected chi connectivity index (χ1v) is 11.0. The Hall–Kier alpha value is -4.18. The summed E-state index contributed by atoms with van der Waals surface area (Å²) in [7, 11) is 0. The summed E-state index contributed by atoms with van der Waals surface area (Å²) >= 11 is 0. The van der Waals surface area contributed by atoms with Gasteiger partial charge in [0.2, 0.25) is 0 Å². The highest BCUT2D eigenvalue weighted by Gasteiger charge is 2.18. The van der Waals surface area contributed by atoms with Crippen LogP contribution in [-0.4, -0.2) is 15.7 Å². The second-order valence-corrected chi connectivity index (χ2v) is 8.52. The van der Waals surface area contributed by atoms with E-state index in [0.717, 1.165) is 50.1 Å². The zero-order valence-electron chi connectivity index (χ0n) is 19.0. The predicted octanol–water partition coefficient (Wildman–Crippen LogP) is 6.87. The van der Waals surface area contributed by atoms with Crippen LogP contribution in [0, 0.1) is 20.8 Å². The maximum atomic E-state index is 13.2. The SMILES string of the molecule is Cc1cc(C)cc(NC(=O)c2cc(-c3cccc4ccccc34)n(-c3cccc(C)c3)n2)c1. The molecule has 0 saturated carbocycles. The van der Waals surface area contributed by atoms with Crippen LogP contribution in [0.5, 0.6) is 0 Å². The molecule has 0 saturated heterocycles. The molecule has 1 aromatic heterocycles. The molecular formula is C29H25N3O. The van der Waals surface area contributed by atoms with Crippen LogP contribution in [0.15, 0.2) is 91.0 Å². The summed E-state index contributed by atoms with van der Waals surface area (Å²) in [6, 6.07) is 30.5. The van der Waals surface area contributed by atoms with Gasteiger partial charge in [-0.2, -0.15) is 5.10 Å². The number of anilines is 1. The van der Waals surface area contributed by atoms with Crippen LogP contribution in [0.4, 0.5) is 5.69 Å². The van der Waals surface area contributed by atoms with Gasteiger partial charge in [0.15, 0.2) is 5.69 Å². The van der Waals surface area contributed by atoms with Crippen molar-refractivity contribution in [3.63, 3.8) is 0 Å².